The van der Waals surface area contributed by atoms with Gasteiger partial charge in [0.05, 0.1) is 6.20 Å². The molecule has 2 N–H and O–H groups in total. The van der Waals surface area contributed by atoms with Crippen LogP contribution in [0.25, 0.3) is 0 Å². The SMILES string of the molecule is O[C@]1(c2cn[nH]n2)CCN(CCOc2ccccc2F)C1. The maximum Gasteiger partial charge on any atom is 0.165 e. The van der Waals surface area contributed by atoms with Gasteiger partial charge in [0, 0.05) is 19.6 Å². The van der Waals surface area contributed by atoms with E-state index in [9.17, 15) is 9.50 Å². The highest BCUT2D eigenvalue weighted by Gasteiger charge is 2.39. The summed E-state index contributed by atoms with van der Waals surface area (Å²) in [7, 11) is 0. The molecule has 7 heteroatoms. The van der Waals surface area contributed by atoms with Crippen LogP contribution in [-0.4, -0.2) is 51.7 Å². The van der Waals surface area contributed by atoms with Crippen molar-refractivity contribution in [2.45, 2.75) is 12.0 Å². The van der Waals surface area contributed by atoms with Crippen LogP contribution in [-0.2, 0) is 5.60 Å². The first kappa shape index (κ1) is 14.0. The second-order valence-corrected chi connectivity index (χ2v) is 5.19. The summed E-state index contributed by atoms with van der Waals surface area (Å²) in [6.45, 7) is 2.20. The molecule has 1 aromatic heterocycles. The summed E-state index contributed by atoms with van der Waals surface area (Å²) in [5, 5.41) is 20.7. The van der Waals surface area contributed by atoms with Crippen LogP contribution in [0.4, 0.5) is 4.39 Å². The van der Waals surface area contributed by atoms with E-state index < -0.39 is 5.60 Å². The third-order valence-corrected chi connectivity index (χ3v) is 3.72. The van der Waals surface area contributed by atoms with Gasteiger partial charge in [0.2, 0.25) is 0 Å². The van der Waals surface area contributed by atoms with Crippen molar-refractivity contribution in [1.82, 2.24) is 20.3 Å². The highest BCUT2D eigenvalue weighted by molar-refractivity contribution is 5.23. The maximum atomic E-state index is 13.4. The van der Waals surface area contributed by atoms with Crippen molar-refractivity contribution in [2.75, 3.05) is 26.2 Å². The van der Waals surface area contributed by atoms with E-state index >= 15 is 0 Å². The van der Waals surface area contributed by atoms with Gasteiger partial charge in [0.1, 0.15) is 17.9 Å². The lowest BCUT2D eigenvalue weighted by atomic mass is 10.0. The Kier molecular flexibility index (Phi) is 3.85. The van der Waals surface area contributed by atoms with Crippen molar-refractivity contribution in [2.24, 2.45) is 0 Å². The molecule has 1 saturated heterocycles. The Labute approximate surface area is 121 Å². The largest absolute Gasteiger partial charge is 0.489 e. The minimum Gasteiger partial charge on any atom is -0.489 e. The smallest absolute Gasteiger partial charge is 0.165 e. The van der Waals surface area contributed by atoms with Crippen LogP contribution in [0, 0.1) is 5.82 Å². The van der Waals surface area contributed by atoms with Gasteiger partial charge in [-0.3, -0.25) is 4.90 Å². The molecule has 1 atom stereocenters. The number of hydrogen-bond donors (Lipinski definition) is 2. The van der Waals surface area contributed by atoms with Crippen molar-refractivity contribution in [3.63, 3.8) is 0 Å². The molecule has 0 aliphatic carbocycles. The summed E-state index contributed by atoms with van der Waals surface area (Å²) in [4.78, 5) is 2.07. The Morgan fingerprint density at radius 2 is 2.29 bits per heavy atom. The van der Waals surface area contributed by atoms with Crippen LogP contribution in [0.5, 0.6) is 5.75 Å². The van der Waals surface area contributed by atoms with Crippen molar-refractivity contribution in [1.29, 1.82) is 0 Å². The lowest BCUT2D eigenvalue weighted by molar-refractivity contribution is 0.0403. The molecule has 2 aromatic rings. The predicted molar refractivity (Wildman–Crippen MR) is 73.2 cm³/mol. The quantitative estimate of drug-likeness (QED) is 0.857. The molecule has 0 bridgehead atoms. The molecule has 3 rings (SSSR count). The van der Waals surface area contributed by atoms with E-state index in [-0.39, 0.29) is 11.6 Å². The van der Waals surface area contributed by atoms with Crippen molar-refractivity contribution in [3.05, 3.63) is 42.0 Å². The minimum absolute atomic E-state index is 0.253. The summed E-state index contributed by atoms with van der Waals surface area (Å²) < 4.78 is 18.8. The molecule has 0 unspecified atom stereocenters. The van der Waals surface area contributed by atoms with Crippen LogP contribution < -0.4 is 4.74 Å². The molecule has 0 spiro atoms. The number of nitrogens with zero attached hydrogens (tertiary/aromatic N) is 3. The first-order valence-electron chi connectivity index (χ1n) is 6.86. The minimum atomic E-state index is -0.967. The first-order chi connectivity index (χ1) is 10.2. The molecular formula is C14H17FN4O2. The number of β-amino-alcohol motifs (C(OH)–C–C–N with tert-alkyl or cyclic N) is 1. The number of rotatable bonds is 5. The summed E-state index contributed by atoms with van der Waals surface area (Å²) in [5.74, 6) is -0.110. The predicted octanol–water partition coefficient (Wildman–Crippen LogP) is 0.916. The Morgan fingerprint density at radius 3 is 3.05 bits per heavy atom. The first-order valence-corrected chi connectivity index (χ1v) is 6.86. The molecule has 1 aromatic carbocycles. The zero-order chi connectivity index (χ0) is 14.7. The molecule has 6 nitrogen and oxygen atoms in total. The van der Waals surface area contributed by atoms with Crippen LogP contribution in [0.15, 0.2) is 30.5 Å². The molecular weight excluding hydrogens is 275 g/mol. The number of nitrogens with one attached hydrogen (secondary N) is 1. The van der Waals surface area contributed by atoms with Crippen molar-refractivity contribution in [3.8, 4) is 5.75 Å². The zero-order valence-corrected chi connectivity index (χ0v) is 11.5. The number of likely N-dealkylation sites (tertiary alicyclic amines) is 1. The molecule has 1 aliphatic heterocycles. The van der Waals surface area contributed by atoms with Gasteiger partial charge in [-0.15, -0.1) is 0 Å². The van der Waals surface area contributed by atoms with Gasteiger partial charge in [0.25, 0.3) is 0 Å². The zero-order valence-electron chi connectivity index (χ0n) is 11.5. The molecule has 1 fully saturated rings. The van der Waals surface area contributed by atoms with E-state index in [1.807, 2.05) is 0 Å². The Bertz CT molecular complexity index is 592. The summed E-state index contributed by atoms with van der Waals surface area (Å²) >= 11 is 0. The van der Waals surface area contributed by atoms with Crippen LogP contribution >= 0.6 is 0 Å². The van der Waals surface area contributed by atoms with Gasteiger partial charge < -0.3 is 9.84 Å². The average Bonchev–Trinajstić information content (AvgIpc) is 3.12. The van der Waals surface area contributed by atoms with E-state index in [4.69, 9.17) is 4.74 Å². The number of benzene rings is 1. The number of aliphatic hydroxyl groups is 1. The van der Waals surface area contributed by atoms with Crippen LogP contribution in [0.2, 0.25) is 0 Å². The molecule has 2 heterocycles. The number of ether oxygens (including phenoxy) is 1. The van der Waals surface area contributed by atoms with Crippen molar-refractivity contribution >= 4 is 0 Å². The topological polar surface area (TPSA) is 74.3 Å². The number of aromatic amines is 1. The van der Waals surface area contributed by atoms with E-state index in [1.54, 1.807) is 24.4 Å². The average molecular weight is 292 g/mol. The molecule has 1 aliphatic rings. The van der Waals surface area contributed by atoms with Gasteiger partial charge >= 0.3 is 0 Å². The highest BCUT2D eigenvalue weighted by atomic mass is 19.1. The monoisotopic (exact) mass is 292 g/mol. The van der Waals surface area contributed by atoms with Crippen LogP contribution in [0.1, 0.15) is 12.1 Å². The third kappa shape index (κ3) is 3.03. The number of halogens is 1. The number of para-hydroxylation sites is 1. The lowest BCUT2D eigenvalue weighted by Crippen LogP contribution is -2.33. The second-order valence-electron chi connectivity index (χ2n) is 5.19. The summed E-state index contributed by atoms with van der Waals surface area (Å²) in [5.41, 5.74) is -0.412. The van der Waals surface area contributed by atoms with Gasteiger partial charge in [-0.25, -0.2) is 4.39 Å². The van der Waals surface area contributed by atoms with Crippen LogP contribution in [0.3, 0.4) is 0 Å². The van der Waals surface area contributed by atoms with E-state index in [0.29, 0.717) is 31.8 Å². The second kappa shape index (κ2) is 5.79. The summed E-state index contributed by atoms with van der Waals surface area (Å²) in [6.07, 6.45) is 2.14. The number of aromatic nitrogens is 3. The Morgan fingerprint density at radius 1 is 1.43 bits per heavy atom. The molecule has 0 radical (unpaired) electrons. The van der Waals surface area contributed by atoms with E-state index in [1.165, 1.54) is 6.07 Å². The third-order valence-electron chi connectivity index (χ3n) is 3.72. The van der Waals surface area contributed by atoms with Gasteiger partial charge in [-0.2, -0.15) is 15.4 Å². The lowest BCUT2D eigenvalue weighted by Gasteiger charge is -2.21. The van der Waals surface area contributed by atoms with E-state index in [2.05, 4.69) is 20.3 Å². The van der Waals surface area contributed by atoms with Gasteiger partial charge in [-0.1, -0.05) is 12.1 Å². The van der Waals surface area contributed by atoms with E-state index in [0.717, 1.165) is 6.54 Å². The molecule has 0 amide bonds. The maximum absolute atomic E-state index is 13.4. The molecule has 21 heavy (non-hydrogen) atoms. The Balaban J connectivity index is 1.51. The number of hydrogen-bond acceptors (Lipinski definition) is 5. The molecule has 112 valence electrons. The Hall–Kier alpha value is -1.99. The molecule has 0 saturated carbocycles. The number of H-pyrrole nitrogens is 1. The fourth-order valence-corrected chi connectivity index (χ4v) is 2.54. The van der Waals surface area contributed by atoms with Gasteiger partial charge in [0.15, 0.2) is 11.6 Å². The standard InChI is InChI=1S/C14H17FN4O2/c15-11-3-1-2-4-12(11)21-8-7-19-6-5-14(20,10-19)13-9-16-18-17-13/h1-4,9,20H,5-8,10H2,(H,16,17,18)/t14-/m1/s1. The van der Waals surface area contributed by atoms with Gasteiger partial charge in [-0.05, 0) is 18.6 Å². The fourth-order valence-electron chi connectivity index (χ4n) is 2.54. The fraction of sp³-hybridized carbons (Fsp3) is 0.429. The highest BCUT2D eigenvalue weighted by Crippen LogP contribution is 2.29. The summed E-state index contributed by atoms with van der Waals surface area (Å²) in [6, 6.07) is 6.33. The van der Waals surface area contributed by atoms with Crippen molar-refractivity contribution < 1.29 is 14.2 Å². The normalized spacial score (nSPS) is 22.6.